The Labute approximate surface area is 115 Å². The number of likely N-dealkylation sites (tertiary alicyclic amines) is 1. The van der Waals surface area contributed by atoms with E-state index in [1.54, 1.807) is 0 Å². The Hall–Kier alpha value is -1.62. The van der Waals surface area contributed by atoms with Crippen LogP contribution >= 0.6 is 11.6 Å². The monoisotopic (exact) mass is 284 g/mol. The van der Waals surface area contributed by atoms with E-state index in [4.69, 9.17) is 17.3 Å². The van der Waals surface area contributed by atoms with Crippen LogP contribution in [0.3, 0.4) is 0 Å². The van der Waals surface area contributed by atoms with E-state index in [9.17, 15) is 14.0 Å². The number of halogens is 2. The van der Waals surface area contributed by atoms with Crippen LogP contribution in [0.15, 0.2) is 18.2 Å². The van der Waals surface area contributed by atoms with E-state index in [1.165, 1.54) is 23.1 Å². The minimum Gasteiger partial charge on any atom is -0.369 e. The number of piperidine rings is 1. The van der Waals surface area contributed by atoms with Gasteiger partial charge in [-0.05, 0) is 25.0 Å². The number of primary amides is 1. The quantitative estimate of drug-likeness (QED) is 0.900. The van der Waals surface area contributed by atoms with Crippen molar-refractivity contribution in [3.63, 3.8) is 0 Å². The molecule has 0 spiro atoms. The molecule has 4 nitrogen and oxygen atoms in total. The lowest BCUT2D eigenvalue weighted by atomic mass is 9.96. The van der Waals surface area contributed by atoms with Crippen molar-refractivity contribution in [1.29, 1.82) is 0 Å². The summed E-state index contributed by atoms with van der Waals surface area (Å²) < 4.78 is 13.7. The van der Waals surface area contributed by atoms with Crippen LogP contribution in [-0.2, 0) is 4.79 Å². The first-order chi connectivity index (χ1) is 9.00. The van der Waals surface area contributed by atoms with E-state index < -0.39 is 11.7 Å². The van der Waals surface area contributed by atoms with Crippen molar-refractivity contribution in [2.45, 2.75) is 12.8 Å². The number of nitrogens with zero attached hydrogens (tertiary/aromatic N) is 1. The van der Waals surface area contributed by atoms with E-state index in [-0.39, 0.29) is 22.4 Å². The molecule has 1 aliphatic heterocycles. The second-order valence-electron chi connectivity index (χ2n) is 4.57. The summed E-state index contributed by atoms with van der Waals surface area (Å²) in [5.74, 6) is -1.63. The molecule has 6 heteroatoms. The molecule has 0 radical (unpaired) electrons. The molecule has 1 aromatic rings. The summed E-state index contributed by atoms with van der Waals surface area (Å²) in [7, 11) is 0. The van der Waals surface area contributed by atoms with Crippen molar-refractivity contribution >= 4 is 23.4 Å². The summed E-state index contributed by atoms with van der Waals surface area (Å²) in [6, 6.07) is 4.14. The zero-order chi connectivity index (χ0) is 14.0. The second-order valence-corrected chi connectivity index (χ2v) is 4.97. The maximum atomic E-state index is 13.7. The third-order valence-electron chi connectivity index (χ3n) is 3.36. The van der Waals surface area contributed by atoms with Gasteiger partial charge in [-0.3, -0.25) is 9.59 Å². The fourth-order valence-corrected chi connectivity index (χ4v) is 2.47. The number of carbonyl (C=O) groups excluding carboxylic acids is 2. The van der Waals surface area contributed by atoms with Gasteiger partial charge in [-0.25, -0.2) is 4.39 Å². The van der Waals surface area contributed by atoms with Gasteiger partial charge in [-0.1, -0.05) is 17.7 Å². The molecule has 0 aliphatic carbocycles. The van der Waals surface area contributed by atoms with E-state index in [0.29, 0.717) is 25.9 Å². The van der Waals surface area contributed by atoms with Crippen molar-refractivity contribution in [2.75, 3.05) is 13.1 Å². The molecule has 0 bridgehead atoms. The maximum absolute atomic E-state index is 13.7. The lowest BCUT2D eigenvalue weighted by Crippen LogP contribution is -2.42. The maximum Gasteiger partial charge on any atom is 0.258 e. The van der Waals surface area contributed by atoms with Crippen molar-refractivity contribution in [2.24, 2.45) is 11.7 Å². The molecule has 1 fully saturated rings. The molecule has 0 saturated carbocycles. The number of rotatable bonds is 2. The molecule has 1 aromatic carbocycles. The van der Waals surface area contributed by atoms with Crippen molar-refractivity contribution in [1.82, 2.24) is 4.90 Å². The Bertz CT molecular complexity index is 493. The second kappa shape index (κ2) is 5.57. The third-order valence-corrected chi connectivity index (χ3v) is 3.68. The van der Waals surface area contributed by atoms with Gasteiger partial charge in [0.25, 0.3) is 5.91 Å². The Morgan fingerprint density at radius 3 is 2.47 bits per heavy atom. The minimum atomic E-state index is -0.630. The van der Waals surface area contributed by atoms with Crippen LogP contribution in [0.1, 0.15) is 23.2 Å². The summed E-state index contributed by atoms with van der Waals surface area (Å²) in [4.78, 5) is 24.8. The van der Waals surface area contributed by atoms with Crippen LogP contribution in [0, 0.1) is 11.7 Å². The molecular weight excluding hydrogens is 271 g/mol. The van der Waals surface area contributed by atoms with Crippen LogP contribution in [0.4, 0.5) is 4.39 Å². The van der Waals surface area contributed by atoms with Gasteiger partial charge >= 0.3 is 0 Å². The van der Waals surface area contributed by atoms with Gasteiger partial charge < -0.3 is 10.6 Å². The van der Waals surface area contributed by atoms with Gasteiger partial charge in [0.2, 0.25) is 5.91 Å². The molecule has 19 heavy (non-hydrogen) atoms. The summed E-state index contributed by atoms with van der Waals surface area (Å²) in [6.07, 6.45) is 1.01. The molecule has 2 rings (SSSR count). The molecule has 102 valence electrons. The van der Waals surface area contributed by atoms with E-state index in [1.807, 2.05) is 0 Å². The zero-order valence-corrected chi connectivity index (χ0v) is 11.0. The standard InChI is InChI=1S/C13H14ClFN2O2/c14-9-2-1-3-10(15)11(9)13(19)17-6-4-8(5-7-17)12(16)18/h1-3,8H,4-7H2,(H2,16,18). The highest BCUT2D eigenvalue weighted by Crippen LogP contribution is 2.24. The highest BCUT2D eigenvalue weighted by molar-refractivity contribution is 6.33. The van der Waals surface area contributed by atoms with Gasteiger partial charge in [0.1, 0.15) is 5.82 Å². The van der Waals surface area contributed by atoms with Gasteiger partial charge in [0.05, 0.1) is 10.6 Å². The molecule has 1 saturated heterocycles. The first-order valence-electron chi connectivity index (χ1n) is 6.03. The SMILES string of the molecule is NC(=O)C1CCN(C(=O)c2c(F)cccc2Cl)CC1. The van der Waals surface area contributed by atoms with Crippen LogP contribution in [-0.4, -0.2) is 29.8 Å². The average Bonchev–Trinajstić information content (AvgIpc) is 2.38. The van der Waals surface area contributed by atoms with Gasteiger partial charge in [-0.15, -0.1) is 0 Å². The molecule has 1 aliphatic rings. The normalized spacial score (nSPS) is 16.4. The highest BCUT2D eigenvalue weighted by atomic mass is 35.5. The summed E-state index contributed by atoms with van der Waals surface area (Å²) in [5.41, 5.74) is 5.12. The van der Waals surface area contributed by atoms with E-state index in [2.05, 4.69) is 0 Å². The molecule has 0 unspecified atom stereocenters. The number of hydrogen-bond donors (Lipinski definition) is 1. The Balaban J connectivity index is 2.12. The lowest BCUT2D eigenvalue weighted by molar-refractivity contribution is -0.123. The molecule has 2 N–H and O–H groups in total. The Morgan fingerprint density at radius 1 is 1.32 bits per heavy atom. The summed E-state index contributed by atoms with van der Waals surface area (Å²) in [6.45, 7) is 0.772. The average molecular weight is 285 g/mol. The summed E-state index contributed by atoms with van der Waals surface area (Å²) in [5, 5.41) is 0.0991. The minimum absolute atomic E-state index is 0.0991. The fourth-order valence-electron chi connectivity index (χ4n) is 2.23. The number of amides is 2. The van der Waals surface area contributed by atoms with Crippen LogP contribution in [0.2, 0.25) is 5.02 Å². The molecular formula is C13H14ClFN2O2. The topological polar surface area (TPSA) is 63.4 Å². The number of hydrogen-bond acceptors (Lipinski definition) is 2. The van der Waals surface area contributed by atoms with E-state index >= 15 is 0 Å². The predicted octanol–water partition coefficient (Wildman–Crippen LogP) is 1.82. The molecule has 0 aromatic heterocycles. The number of carbonyl (C=O) groups is 2. The van der Waals surface area contributed by atoms with Crippen molar-refractivity contribution in [3.8, 4) is 0 Å². The molecule has 2 amide bonds. The summed E-state index contributed by atoms with van der Waals surface area (Å²) >= 11 is 5.86. The number of nitrogens with two attached hydrogens (primary N) is 1. The first-order valence-corrected chi connectivity index (χ1v) is 6.41. The van der Waals surface area contributed by atoms with Gasteiger partial charge in [0, 0.05) is 19.0 Å². The Kier molecular flexibility index (Phi) is 4.04. The molecule has 0 atom stereocenters. The third kappa shape index (κ3) is 2.87. The smallest absolute Gasteiger partial charge is 0.258 e. The van der Waals surface area contributed by atoms with Crippen LogP contribution < -0.4 is 5.73 Å². The largest absolute Gasteiger partial charge is 0.369 e. The van der Waals surface area contributed by atoms with Crippen molar-refractivity contribution < 1.29 is 14.0 Å². The lowest BCUT2D eigenvalue weighted by Gasteiger charge is -2.30. The van der Waals surface area contributed by atoms with Crippen molar-refractivity contribution in [3.05, 3.63) is 34.6 Å². The first kappa shape index (κ1) is 13.8. The van der Waals surface area contributed by atoms with Crippen LogP contribution in [0.25, 0.3) is 0 Å². The predicted molar refractivity (Wildman–Crippen MR) is 69.2 cm³/mol. The molecule has 1 heterocycles. The van der Waals surface area contributed by atoms with Crippen LogP contribution in [0.5, 0.6) is 0 Å². The number of benzene rings is 1. The fraction of sp³-hybridized carbons (Fsp3) is 0.385. The highest BCUT2D eigenvalue weighted by Gasteiger charge is 2.28. The van der Waals surface area contributed by atoms with E-state index in [0.717, 1.165) is 0 Å². The Morgan fingerprint density at radius 2 is 1.95 bits per heavy atom. The van der Waals surface area contributed by atoms with Gasteiger partial charge in [0.15, 0.2) is 0 Å². The zero-order valence-electron chi connectivity index (χ0n) is 10.2. The van der Waals surface area contributed by atoms with Gasteiger partial charge in [-0.2, -0.15) is 0 Å².